The van der Waals surface area contributed by atoms with Gasteiger partial charge in [-0.2, -0.15) is 0 Å². The molecule has 1 heterocycles. The second kappa shape index (κ2) is 4.31. The maximum absolute atomic E-state index is 11.8. The van der Waals surface area contributed by atoms with E-state index in [9.17, 15) is 14.3 Å². The Morgan fingerprint density at radius 2 is 2.25 bits per heavy atom. The molecule has 0 aliphatic heterocycles. The molecule has 1 unspecified atom stereocenters. The van der Waals surface area contributed by atoms with Crippen molar-refractivity contribution in [2.75, 3.05) is 5.88 Å². The van der Waals surface area contributed by atoms with E-state index >= 15 is 0 Å². The summed E-state index contributed by atoms with van der Waals surface area (Å²) < 4.78 is 12.6. The Labute approximate surface area is 98.5 Å². The number of hydrogen-bond donors (Lipinski definition) is 0. The summed E-state index contributed by atoms with van der Waals surface area (Å²) in [7, 11) is -1.56. The second-order valence-corrected chi connectivity index (χ2v) is 5.63. The summed E-state index contributed by atoms with van der Waals surface area (Å²) in [4.78, 5) is 10.4. The number of fused-ring (bicyclic) bond motifs is 1. The highest BCUT2D eigenvalue weighted by Gasteiger charge is 2.15. The number of aryl methyl sites for hydroxylation is 1. The Kier molecular flexibility index (Phi) is 3.02. The molecule has 0 fully saturated rings. The standard InChI is InChI=1S/C10H9NO3S2/c1-7-5-15-10-8(7)3-2-4-9(10)16(14)6-11(12)13/h2-5H,6H2,1H3. The lowest BCUT2D eigenvalue weighted by atomic mass is 10.2. The van der Waals surface area contributed by atoms with Crippen molar-refractivity contribution < 1.29 is 9.13 Å². The minimum atomic E-state index is -1.56. The lowest BCUT2D eigenvalue weighted by Crippen LogP contribution is -2.07. The molecule has 0 spiro atoms. The van der Waals surface area contributed by atoms with Crippen LogP contribution in [0.25, 0.3) is 10.1 Å². The van der Waals surface area contributed by atoms with Crippen molar-refractivity contribution in [2.24, 2.45) is 0 Å². The van der Waals surface area contributed by atoms with E-state index in [1.54, 1.807) is 12.1 Å². The van der Waals surface area contributed by atoms with Gasteiger partial charge in [0.2, 0.25) is 0 Å². The van der Waals surface area contributed by atoms with Gasteiger partial charge < -0.3 is 0 Å². The maximum atomic E-state index is 11.8. The fourth-order valence-electron chi connectivity index (χ4n) is 1.50. The van der Waals surface area contributed by atoms with E-state index in [2.05, 4.69) is 0 Å². The summed E-state index contributed by atoms with van der Waals surface area (Å²) in [6.07, 6.45) is 0. The number of hydrogen-bond acceptors (Lipinski definition) is 4. The smallest absolute Gasteiger partial charge is 0.264 e. The van der Waals surface area contributed by atoms with Gasteiger partial charge >= 0.3 is 0 Å². The average molecular weight is 255 g/mol. The fourth-order valence-corrected chi connectivity index (χ4v) is 3.77. The molecule has 6 heteroatoms. The number of benzene rings is 1. The molecule has 2 aromatic rings. The van der Waals surface area contributed by atoms with Crippen LogP contribution in [0.2, 0.25) is 0 Å². The zero-order chi connectivity index (χ0) is 11.7. The van der Waals surface area contributed by atoms with Gasteiger partial charge in [-0.25, -0.2) is 4.21 Å². The summed E-state index contributed by atoms with van der Waals surface area (Å²) in [5, 5.41) is 13.3. The maximum Gasteiger partial charge on any atom is 0.281 e. The lowest BCUT2D eigenvalue weighted by Gasteiger charge is -1.99. The van der Waals surface area contributed by atoms with Crippen LogP contribution < -0.4 is 0 Å². The van der Waals surface area contributed by atoms with Crippen molar-refractivity contribution in [3.63, 3.8) is 0 Å². The third-order valence-electron chi connectivity index (χ3n) is 2.23. The summed E-state index contributed by atoms with van der Waals surface area (Å²) >= 11 is 1.48. The minimum Gasteiger partial charge on any atom is -0.264 e. The molecule has 0 bridgehead atoms. The van der Waals surface area contributed by atoms with Crippen LogP contribution in [0.4, 0.5) is 0 Å². The van der Waals surface area contributed by atoms with E-state index < -0.39 is 21.6 Å². The summed E-state index contributed by atoms with van der Waals surface area (Å²) in [5.74, 6) is -0.532. The predicted octanol–water partition coefficient (Wildman–Crippen LogP) is 2.55. The molecule has 0 amide bonds. The van der Waals surface area contributed by atoms with Crippen molar-refractivity contribution in [2.45, 2.75) is 11.8 Å². The number of thiophene rings is 1. The van der Waals surface area contributed by atoms with Crippen LogP contribution in [-0.2, 0) is 10.8 Å². The van der Waals surface area contributed by atoms with Crippen LogP contribution in [0, 0.1) is 17.0 Å². The highest BCUT2D eigenvalue weighted by atomic mass is 32.2. The first kappa shape index (κ1) is 11.2. The van der Waals surface area contributed by atoms with Gasteiger partial charge in [0, 0.05) is 4.92 Å². The van der Waals surface area contributed by atoms with E-state index in [1.807, 2.05) is 18.4 Å². The van der Waals surface area contributed by atoms with Crippen molar-refractivity contribution in [3.8, 4) is 0 Å². The van der Waals surface area contributed by atoms with E-state index in [-0.39, 0.29) is 0 Å². The van der Waals surface area contributed by atoms with E-state index in [1.165, 1.54) is 11.3 Å². The van der Waals surface area contributed by atoms with Crippen molar-refractivity contribution >= 4 is 32.2 Å². The zero-order valence-corrected chi connectivity index (χ0v) is 10.1. The molecule has 4 nitrogen and oxygen atoms in total. The van der Waals surface area contributed by atoms with Gasteiger partial charge in [-0.15, -0.1) is 11.3 Å². The topological polar surface area (TPSA) is 60.2 Å². The first-order valence-electron chi connectivity index (χ1n) is 4.56. The van der Waals surface area contributed by atoms with Crippen LogP contribution in [0.15, 0.2) is 28.5 Å². The molecule has 0 N–H and O–H groups in total. The Hall–Kier alpha value is -1.27. The summed E-state index contributed by atoms with van der Waals surface area (Å²) in [5.41, 5.74) is 1.11. The number of nitrogens with zero attached hydrogens (tertiary/aromatic N) is 1. The average Bonchev–Trinajstić information content (AvgIpc) is 2.59. The van der Waals surface area contributed by atoms with Gasteiger partial charge in [-0.1, -0.05) is 12.1 Å². The predicted molar refractivity (Wildman–Crippen MR) is 64.8 cm³/mol. The van der Waals surface area contributed by atoms with Crippen molar-refractivity contribution in [1.82, 2.24) is 0 Å². The molecule has 0 radical (unpaired) electrons. The van der Waals surface area contributed by atoms with Crippen molar-refractivity contribution in [3.05, 3.63) is 39.3 Å². The van der Waals surface area contributed by atoms with Gasteiger partial charge in [0.25, 0.3) is 5.88 Å². The first-order valence-corrected chi connectivity index (χ1v) is 6.76. The Bertz CT molecular complexity index is 576. The Morgan fingerprint density at radius 3 is 2.94 bits per heavy atom. The number of rotatable bonds is 3. The second-order valence-electron chi connectivity index (χ2n) is 3.36. The van der Waals surface area contributed by atoms with Crippen LogP contribution in [0.5, 0.6) is 0 Å². The van der Waals surface area contributed by atoms with Gasteiger partial charge in [0.05, 0.1) is 9.60 Å². The van der Waals surface area contributed by atoms with Crippen LogP contribution >= 0.6 is 11.3 Å². The molecule has 0 saturated carbocycles. The number of nitro groups is 1. The third kappa shape index (κ3) is 1.98. The monoisotopic (exact) mass is 255 g/mol. The summed E-state index contributed by atoms with van der Waals surface area (Å²) in [6.45, 7) is 1.97. The molecule has 1 aromatic carbocycles. The van der Waals surface area contributed by atoms with Crippen molar-refractivity contribution in [1.29, 1.82) is 0 Å². The van der Waals surface area contributed by atoms with Crippen LogP contribution in [-0.4, -0.2) is 15.0 Å². The molecule has 1 atom stereocenters. The highest BCUT2D eigenvalue weighted by molar-refractivity contribution is 7.85. The fraction of sp³-hybridized carbons (Fsp3) is 0.200. The molecule has 1 aromatic heterocycles. The molecule has 2 rings (SSSR count). The third-order valence-corrected chi connectivity index (χ3v) is 4.78. The largest absolute Gasteiger partial charge is 0.281 e. The molecule has 0 aliphatic carbocycles. The zero-order valence-electron chi connectivity index (χ0n) is 8.50. The Morgan fingerprint density at radius 1 is 1.50 bits per heavy atom. The minimum absolute atomic E-state index is 0.532. The van der Waals surface area contributed by atoms with Gasteiger partial charge in [-0.05, 0) is 29.3 Å². The van der Waals surface area contributed by atoms with Gasteiger partial charge in [0.1, 0.15) is 10.8 Å². The van der Waals surface area contributed by atoms with Gasteiger partial charge in [0.15, 0.2) is 0 Å². The molecule has 16 heavy (non-hydrogen) atoms. The molecular formula is C10H9NO3S2. The van der Waals surface area contributed by atoms with Gasteiger partial charge in [-0.3, -0.25) is 10.1 Å². The molecular weight excluding hydrogens is 246 g/mol. The first-order chi connectivity index (χ1) is 7.59. The lowest BCUT2D eigenvalue weighted by molar-refractivity contribution is -0.457. The summed E-state index contributed by atoms with van der Waals surface area (Å²) in [6, 6.07) is 5.42. The molecule has 84 valence electrons. The SMILES string of the molecule is Cc1csc2c(S(=O)C[N+](=O)[O-])cccc12. The van der Waals surface area contributed by atoms with E-state index in [0.717, 1.165) is 15.6 Å². The molecule has 0 aliphatic rings. The normalized spacial score (nSPS) is 12.8. The highest BCUT2D eigenvalue weighted by Crippen LogP contribution is 2.30. The molecule has 0 saturated heterocycles. The van der Waals surface area contributed by atoms with E-state index in [4.69, 9.17) is 0 Å². The van der Waals surface area contributed by atoms with Crippen LogP contribution in [0.1, 0.15) is 5.56 Å². The van der Waals surface area contributed by atoms with E-state index in [0.29, 0.717) is 4.90 Å². The quantitative estimate of drug-likeness (QED) is 0.625. The Balaban J connectivity index is 2.52. The van der Waals surface area contributed by atoms with Crippen LogP contribution in [0.3, 0.4) is 0 Å².